The zero-order chi connectivity index (χ0) is 18.5. The molecule has 0 bridgehead atoms. The van der Waals surface area contributed by atoms with E-state index in [9.17, 15) is 14.0 Å². The number of fused-ring (bicyclic) bond motifs is 1. The van der Waals surface area contributed by atoms with Crippen LogP contribution in [0.2, 0.25) is 0 Å². The summed E-state index contributed by atoms with van der Waals surface area (Å²) in [4.78, 5) is 23.7. The number of rotatable bonds is 6. The Morgan fingerprint density at radius 1 is 1.15 bits per heavy atom. The van der Waals surface area contributed by atoms with Gasteiger partial charge in [0.25, 0.3) is 0 Å². The van der Waals surface area contributed by atoms with Crippen molar-refractivity contribution in [3.05, 3.63) is 59.4 Å². The van der Waals surface area contributed by atoms with Crippen molar-refractivity contribution in [2.24, 2.45) is 0 Å². The standard InChI is InChI=1S/C19H15FO6/c1-23-16-6-4-13(9-14(16)20)15(21)10-24-19(22)7-3-12-2-5-17-18(8-12)26-11-25-17/h2-9H,10-11H2,1H3/b7-3+. The van der Waals surface area contributed by atoms with Gasteiger partial charge in [0.05, 0.1) is 7.11 Å². The second-order valence-corrected chi connectivity index (χ2v) is 5.33. The zero-order valence-electron chi connectivity index (χ0n) is 13.9. The Bertz CT molecular complexity index is 874. The molecule has 6 nitrogen and oxygen atoms in total. The van der Waals surface area contributed by atoms with E-state index < -0.39 is 24.2 Å². The van der Waals surface area contributed by atoms with Gasteiger partial charge in [-0.15, -0.1) is 0 Å². The molecule has 0 aliphatic carbocycles. The molecule has 7 heteroatoms. The van der Waals surface area contributed by atoms with E-state index >= 15 is 0 Å². The van der Waals surface area contributed by atoms with Crippen molar-refractivity contribution < 1.29 is 32.9 Å². The predicted molar refractivity (Wildman–Crippen MR) is 89.8 cm³/mol. The van der Waals surface area contributed by atoms with Crippen molar-refractivity contribution in [3.8, 4) is 17.2 Å². The van der Waals surface area contributed by atoms with Crippen LogP contribution in [0.15, 0.2) is 42.5 Å². The van der Waals surface area contributed by atoms with Crippen LogP contribution in [-0.2, 0) is 9.53 Å². The molecule has 0 aromatic heterocycles. The van der Waals surface area contributed by atoms with E-state index in [2.05, 4.69) is 0 Å². The van der Waals surface area contributed by atoms with Gasteiger partial charge in [-0.05, 0) is 42.0 Å². The molecule has 1 aliphatic heterocycles. The second-order valence-electron chi connectivity index (χ2n) is 5.33. The van der Waals surface area contributed by atoms with Crippen LogP contribution >= 0.6 is 0 Å². The molecule has 0 saturated carbocycles. The molecule has 3 rings (SSSR count). The average Bonchev–Trinajstić information content (AvgIpc) is 3.12. The molecule has 0 unspecified atom stereocenters. The Morgan fingerprint density at radius 3 is 2.73 bits per heavy atom. The van der Waals surface area contributed by atoms with Gasteiger partial charge in [-0.2, -0.15) is 0 Å². The quantitative estimate of drug-likeness (QED) is 0.449. The maximum absolute atomic E-state index is 13.6. The van der Waals surface area contributed by atoms with Gasteiger partial charge < -0.3 is 18.9 Å². The highest BCUT2D eigenvalue weighted by Crippen LogP contribution is 2.32. The van der Waals surface area contributed by atoms with E-state index in [4.69, 9.17) is 18.9 Å². The highest BCUT2D eigenvalue weighted by molar-refractivity contribution is 5.99. The summed E-state index contributed by atoms with van der Waals surface area (Å²) in [5.41, 5.74) is 0.811. The van der Waals surface area contributed by atoms with E-state index in [1.165, 1.54) is 31.4 Å². The fourth-order valence-corrected chi connectivity index (χ4v) is 2.29. The molecular formula is C19H15FO6. The van der Waals surface area contributed by atoms with Gasteiger partial charge in [0.2, 0.25) is 6.79 Å². The van der Waals surface area contributed by atoms with Gasteiger partial charge in [-0.3, -0.25) is 4.79 Å². The number of Topliss-reactive ketones (excluding diaryl/α,β-unsaturated/α-hetero) is 1. The first-order chi connectivity index (χ1) is 12.6. The van der Waals surface area contributed by atoms with Crippen molar-refractivity contribution >= 4 is 17.8 Å². The van der Waals surface area contributed by atoms with E-state index in [1.54, 1.807) is 18.2 Å². The average molecular weight is 358 g/mol. The van der Waals surface area contributed by atoms with Gasteiger partial charge in [-0.1, -0.05) is 6.07 Å². The zero-order valence-corrected chi connectivity index (χ0v) is 13.9. The number of hydrogen-bond donors (Lipinski definition) is 0. The molecule has 26 heavy (non-hydrogen) atoms. The van der Waals surface area contributed by atoms with Crippen LogP contribution in [0, 0.1) is 5.82 Å². The van der Waals surface area contributed by atoms with Gasteiger partial charge in [-0.25, -0.2) is 9.18 Å². The summed E-state index contributed by atoms with van der Waals surface area (Å²) < 4.78 is 33.7. The van der Waals surface area contributed by atoms with Gasteiger partial charge in [0.15, 0.2) is 35.5 Å². The third kappa shape index (κ3) is 4.00. The lowest BCUT2D eigenvalue weighted by atomic mass is 10.1. The number of hydrogen-bond acceptors (Lipinski definition) is 6. The summed E-state index contributed by atoms with van der Waals surface area (Å²) in [6, 6.07) is 8.98. The Labute approximate surface area is 148 Å². The molecule has 2 aromatic rings. The first kappa shape index (κ1) is 17.5. The number of methoxy groups -OCH3 is 1. The van der Waals surface area contributed by atoms with E-state index in [-0.39, 0.29) is 18.1 Å². The summed E-state index contributed by atoms with van der Waals surface area (Å²) in [6.45, 7) is -0.325. The number of carbonyl (C=O) groups is 2. The Kier molecular flexibility index (Phi) is 5.17. The maximum atomic E-state index is 13.6. The largest absolute Gasteiger partial charge is 0.494 e. The highest BCUT2D eigenvalue weighted by Gasteiger charge is 2.13. The summed E-state index contributed by atoms with van der Waals surface area (Å²) >= 11 is 0. The number of ketones is 1. The van der Waals surface area contributed by atoms with E-state index in [0.717, 1.165) is 11.6 Å². The van der Waals surface area contributed by atoms with Crippen molar-refractivity contribution in [2.45, 2.75) is 0 Å². The molecule has 0 amide bonds. The summed E-state index contributed by atoms with van der Waals surface area (Å²) in [7, 11) is 1.33. The van der Waals surface area contributed by atoms with Gasteiger partial charge in [0.1, 0.15) is 0 Å². The minimum Gasteiger partial charge on any atom is -0.494 e. The molecule has 0 radical (unpaired) electrons. The van der Waals surface area contributed by atoms with Crippen molar-refractivity contribution in [3.63, 3.8) is 0 Å². The van der Waals surface area contributed by atoms with Crippen molar-refractivity contribution in [1.29, 1.82) is 0 Å². The Morgan fingerprint density at radius 2 is 1.96 bits per heavy atom. The third-order valence-corrected chi connectivity index (χ3v) is 3.63. The number of ether oxygens (including phenoxy) is 4. The molecule has 1 aliphatic rings. The lowest BCUT2D eigenvalue weighted by Gasteiger charge is -2.05. The number of benzene rings is 2. The molecule has 0 atom stereocenters. The topological polar surface area (TPSA) is 71.1 Å². The smallest absolute Gasteiger partial charge is 0.331 e. The van der Waals surface area contributed by atoms with Crippen LogP contribution in [-0.4, -0.2) is 32.3 Å². The van der Waals surface area contributed by atoms with Crippen molar-refractivity contribution in [1.82, 2.24) is 0 Å². The van der Waals surface area contributed by atoms with Crippen LogP contribution in [0.5, 0.6) is 17.2 Å². The van der Waals surface area contributed by atoms with Crippen molar-refractivity contribution in [2.75, 3.05) is 20.5 Å². The molecule has 134 valence electrons. The molecule has 0 spiro atoms. The normalized spacial score (nSPS) is 12.2. The minimum atomic E-state index is -0.690. The monoisotopic (exact) mass is 358 g/mol. The lowest BCUT2D eigenvalue weighted by molar-refractivity contribution is -0.136. The van der Waals surface area contributed by atoms with E-state index in [1.807, 2.05) is 0 Å². The van der Waals surface area contributed by atoms with Crippen LogP contribution in [0.25, 0.3) is 6.08 Å². The number of halogens is 1. The first-order valence-corrected chi connectivity index (χ1v) is 7.68. The number of esters is 1. The van der Waals surface area contributed by atoms with Crippen LogP contribution < -0.4 is 14.2 Å². The summed E-state index contributed by atoms with van der Waals surface area (Å²) in [5.74, 6) is -0.599. The predicted octanol–water partition coefficient (Wildman–Crippen LogP) is 3.00. The van der Waals surface area contributed by atoms with Crippen LogP contribution in [0.3, 0.4) is 0 Å². The lowest BCUT2D eigenvalue weighted by Crippen LogP contribution is -2.12. The Hall–Kier alpha value is -3.35. The minimum absolute atomic E-state index is 0.0326. The molecule has 2 aromatic carbocycles. The Balaban J connectivity index is 1.55. The summed E-state index contributed by atoms with van der Waals surface area (Å²) in [5, 5.41) is 0. The van der Waals surface area contributed by atoms with Gasteiger partial charge in [0, 0.05) is 11.6 Å². The number of carbonyl (C=O) groups excluding carboxylic acids is 2. The second kappa shape index (κ2) is 7.69. The molecular weight excluding hydrogens is 343 g/mol. The highest BCUT2D eigenvalue weighted by atomic mass is 19.1. The van der Waals surface area contributed by atoms with Crippen LogP contribution in [0.4, 0.5) is 4.39 Å². The van der Waals surface area contributed by atoms with Crippen LogP contribution in [0.1, 0.15) is 15.9 Å². The maximum Gasteiger partial charge on any atom is 0.331 e. The molecule has 0 fully saturated rings. The van der Waals surface area contributed by atoms with Gasteiger partial charge >= 0.3 is 5.97 Å². The fourth-order valence-electron chi connectivity index (χ4n) is 2.29. The fraction of sp³-hybridized carbons (Fsp3) is 0.158. The molecule has 1 heterocycles. The molecule has 0 N–H and O–H groups in total. The third-order valence-electron chi connectivity index (χ3n) is 3.63. The first-order valence-electron chi connectivity index (χ1n) is 7.68. The molecule has 0 saturated heterocycles. The SMILES string of the molecule is COc1ccc(C(=O)COC(=O)/C=C/c2ccc3c(c2)OCO3)cc1F. The van der Waals surface area contributed by atoms with E-state index in [0.29, 0.717) is 11.5 Å². The summed E-state index contributed by atoms with van der Waals surface area (Å²) in [6.07, 6.45) is 2.72.